The third kappa shape index (κ3) is 2.50. The van der Waals surface area contributed by atoms with Gasteiger partial charge in [-0.1, -0.05) is 41.9 Å². The van der Waals surface area contributed by atoms with Crippen molar-refractivity contribution in [2.24, 2.45) is 0 Å². The van der Waals surface area contributed by atoms with Gasteiger partial charge in [0.05, 0.1) is 16.3 Å². The molecule has 0 saturated carbocycles. The van der Waals surface area contributed by atoms with Gasteiger partial charge >= 0.3 is 0 Å². The van der Waals surface area contributed by atoms with Gasteiger partial charge in [-0.3, -0.25) is 0 Å². The summed E-state index contributed by atoms with van der Waals surface area (Å²) < 4.78 is 0. The smallest absolute Gasteiger partial charge is 0.103 e. The molecular formula is C17H15ClN2. The molecule has 1 N–H and O–H groups in total. The number of benzene rings is 2. The first-order chi connectivity index (χ1) is 9.78. The molecule has 1 unspecified atom stereocenters. The van der Waals surface area contributed by atoms with Crippen molar-refractivity contribution in [2.45, 2.75) is 25.3 Å². The molecule has 2 aromatic carbocycles. The molecule has 3 heteroatoms. The highest BCUT2D eigenvalue weighted by atomic mass is 35.5. The maximum absolute atomic E-state index is 9.21. The number of nitrogens with one attached hydrogen (secondary N) is 1. The highest BCUT2D eigenvalue weighted by Crippen LogP contribution is 2.27. The van der Waals surface area contributed by atoms with Crippen molar-refractivity contribution < 1.29 is 0 Å². The molecule has 0 aliphatic heterocycles. The number of anilines is 1. The second kappa shape index (κ2) is 5.56. The minimum absolute atomic E-state index is 0.357. The number of rotatable bonds is 2. The van der Waals surface area contributed by atoms with Gasteiger partial charge in [-0.05, 0) is 42.5 Å². The van der Waals surface area contributed by atoms with Crippen LogP contribution >= 0.6 is 11.6 Å². The van der Waals surface area contributed by atoms with Crippen LogP contribution in [0, 0.1) is 11.3 Å². The van der Waals surface area contributed by atoms with Gasteiger partial charge in [0.15, 0.2) is 0 Å². The van der Waals surface area contributed by atoms with Crippen LogP contribution in [0.5, 0.6) is 0 Å². The summed E-state index contributed by atoms with van der Waals surface area (Å²) >= 11 is 6.07. The van der Waals surface area contributed by atoms with Gasteiger partial charge in [-0.2, -0.15) is 5.26 Å². The molecule has 3 rings (SSSR count). The van der Waals surface area contributed by atoms with Crippen LogP contribution in [0.25, 0.3) is 0 Å². The molecule has 2 aromatic rings. The van der Waals surface area contributed by atoms with Gasteiger partial charge < -0.3 is 5.32 Å². The largest absolute Gasteiger partial charge is 0.381 e. The van der Waals surface area contributed by atoms with Gasteiger partial charge in [-0.15, -0.1) is 0 Å². The standard InChI is InChI=1S/C17H15ClN2/c18-16-6-3-7-17(15(16)11-19)20-14-9-8-12-4-1-2-5-13(12)10-14/h1-7,14,20H,8-10H2. The molecule has 20 heavy (non-hydrogen) atoms. The van der Waals surface area contributed by atoms with E-state index in [1.54, 1.807) is 6.07 Å². The van der Waals surface area contributed by atoms with Gasteiger partial charge in [-0.25, -0.2) is 0 Å². The number of fused-ring (bicyclic) bond motifs is 1. The number of halogens is 1. The van der Waals surface area contributed by atoms with Crippen LogP contribution < -0.4 is 5.32 Å². The number of hydrogen-bond donors (Lipinski definition) is 1. The summed E-state index contributed by atoms with van der Waals surface area (Å²) in [6, 6.07) is 16.7. The predicted molar refractivity (Wildman–Crippen MR) is 82.0 cm³/mol. The molecule has 0 spiro atoms. The quantitative estimate of drug-likeness (QED) is 0.897. The Bertz CT molecular complexity index is 673. The van der Waals surface area contributed by atoms with Crippen LogP contribution in [0.15, 0.2) is 42.5 Å². The Balaban J connectivity index is 1.81. The number of nitriles is 1. The van der Waals surface area contributed by atoms with E-state index >= 15 is 0 Å². The zero-order chi connectivity index (χ0) is 13.9. The zero-order valence-corrected chi connectivity index (χ0v) is 11.8. The molecule has 0 aromatic heterocycles. The topological polar surface area (TPSA) is 35.8 Å². The molecule has 0 amide bonds. The minimum Gasteiger partial charge on any atom is -0.381 e. The average molecular weight is 283 g/mol. The fourth-order valence-electron chi connectivity index (χ4n) is 2.80. The summed E-state index contributed by atoms with van der Waals surface area (Å²) in [7, 11) is 0. The normalized spacial score (nSPS) is 17.1. The van der Waals surface area contributed by atoms with Crippen molar-refractivity contribution in [1.82, 2.24) is 0 Å². The summed E-state index contributed by atoms with van der Waals surface area (Å²) in [6.45, 7) is 0. The highest BCUT2D eigenvalue weighted by molar-refractivity contribution is 6.32. The molecule has 0 saturated heterocycles. The number of nitrogens with zero attached hydrogens (tertiary/aromatic N) is 1. The fraction of sp³-hybridized carbons (Fsp3) is 0.235. The molecule has 100 valence electrons. The maximum atomic E-state index is 9.21. The molecule has 2 nitrogen and oxygen atoms in total. The molecule has 1 atom stereocenters. The molecule has 0 fully saturated rings. The first kappa shape index (κ1) is 13.0. The van der Waals surface area contributed by atoms with Gasteiger partial charge in [0, 0.05) is 6.04 Å². The lowest BCUT2D eigenvalue weighted by Gasteiger charge is -2.26. The van der Waals surface area contributed by atoms with Crippen LogP contribution in [-0.4, -0.2) is 6.04 Å². The lowest BCUT2D eigenvalue weighted by atomic mass is 9.88. The first-order valence-electron chi connectivity index (χ1n) is 6.80. The van der Waals surface area contributed by atoms with E-state index in [1.165, 1.54) is 11.1 Å². The number of hydrogen-bond acceptors (Lipinski definition) is 2. The Kier molecular flexibility index (Phi) is 3.62. The summed E-state index contributed by atoms with van der Waals surface area (Å²) in [6.07, 6.45) is 3.15. The van der Waals surface area contributed by atoms with Crippen LogP contribution in [0.2, 0.25) is 5.02 Å². The van der Waals surface area contributed by atoms with Crippen molar-refractivity contribution in [1.29, 1.82) is 5.26 Å². The van der Waals surface area contributed by atoms with Gasteiger partial charge in [0.2, 0.25) is 0 Å². The van der Waals surface area contributed by atoms with Crippen molar-refractivity contribution in [2.75, 3.05) is 5.32 Å². The Morgan fingerprint density at radius 2 is 1.90 bits per heavy atom. The van der Waals surface area contributed by atoms with E-state index in [9.17, 15) is 5.26 Å². The summed E-state index contributed by atoms with van der Waals surface area (Å²) in [5.41, 5.74) is 4.21. The van der Waals surface area contributed by atoms with Crippen LogP contribution in [-0.2, 0) is 12.8 Å². The first-order valence-corrected chi connectivity index (χ1v) is 7.17. The van der Waals surface area contributed by atoms with E-state index in [-0.39, 0.29) is 0 Å². The lowest BCUT2D eigenvalue weighted by Crippen LogP contribution is -2.27. The van der Waals surface area contributed by atoms with Crippen molar-refractivity contribution >= 4 is 17.3 Å². The van der Waals surface area contributed by atoms with E-state index in [4.69, 9.17) is 11.6 Å². The van der Waals surface area contributed by atoms with Gasteiger partial charge in [0.1, 0.15) is 6.07 Å². The van der Waals surface area contributed by atoms with E-state index in [1.807, 2.05) is 12.1 Å². The van der Waals surface area contributed by atoms with Gasteiger partial charge in [0.25, 0.3) is 0 Å². The Morgan fingerprint density at radius 1 is 1.10 bits per heavy atom. The van der Waals surface area contributed by atoms with E-state index in [2.05, 4.69) is 35.7 Å². The molecule has 1 aliphatic rings. The van der Waals surface area contributed by atoms with E-state index < -0.39 is 0 Å². The molecular weight excluding hydrogens is 268 g/mol. The molecule has 1 aliphatic carbocycles. The monoisotopic (exact) mass is 282 g/mol. The summed E-state index contributed by atoms with van der Waals surface area (Å²) in [4.78, 5) is 0. The Labute approximate surface area is 124 Å². The van der Waals surface area contributed by atoms with Crippen LogP contribution in [0.3, 0.4) is 0 Å². The average Bonchev–Trinajstić information content (AvgIpc) is 2.47. The van der Waals surface area contributed by atoms with Crippen molar-refractivity contribution in [3.05, 3.63) is 64.2 Å². The third-order valence-electron chi connectivity index (χ3n) is 3.83. The second-order valence-corrected chi connectivity index (χ2v) is 5.53. The Morgan fingerprint density at radius 3 is 2.70 bits per heavy atom. The van der Waals surface area contributed by atoms with E-state index in [0.29, 0.717) is 16.6 Å². The summed E-state index contributed by atoms with van der Waals surface area (Å²) in [5.74, 6) is 0. The van der Waals surface area contributed by atoms with Crippen LogP contribution in [0.1, 0.15) is 23.1 Å². The van der Waals surface area contributed by atoms with Crippen LogP contribution in [0.4, 0.5) is 5.69 Å². The number of aryl methyl sites for hydroxylation is 1. The Hall–Kier alpha value is -1.98. The highest BCUT2D eigenvalue weighted by Gasteiger charge is 2.19. The molecule has 0 radical (unpaired) electrons. The lowest BCUT2D eigenvalue weighted by molar-refractivity contribution is 0.611. The SMILES string of the molecule is N#Cc1c(Cl)cccc1NC1CCc2ccccc2C1. The minimum atomic E-state index is 0.357. The second-order valence-electron chi connectivity index (χ2n) is 5.13. The van der Waals surface area contributed by atoms with Crippen molar-refractivity contribution in [3.63, 3.8) is 0 Å². The molecule has 0 heterocycles. The third-order valence-corrected chi connectivity index (χ3v) is 4.15. The fourth-order valence-corrected chi connectivity index (χ4v) is 3.02. The maximum Gasteiger partial charge on any atom is 0.103 e. The van der Waals surface area contributed by atoms with E-state index in [0.717, 1.165) is 24.9 Å². The zero-order valence-electron chi connectivity index (χ0n) is 11.1. The summed E-state index contributed by atoms with van der Waals surface area (Å²) in [5, 5.41) is 13.2. The predicted octanol–water partition coefficient (Wildman–Crippen LogP) is 4.18. The molecule has 0 bridgehead atoms. The van der Waals surface area contributed by atoms with Crippen molar-refractivity contribution in [3.8, 4) is 6.07 Å².